The Morgan fingerprint density at radius 3 is 3.09 bits per heavy atom. The number of carbonyl (C=O) groups excluding carboxylic acids is 2. The predicted molar refractivity (Wildman–Crippen MR) is 41.9 cm³/mol. The Hall–Kier alpha value is -0.770. The van der Waals surface area contributed by atoms with Crippen molar-refractivity contribution in [2.75, 3.05) is 6.54 Å². The third kappa shape index (κ3) is 0.976. The first-order valence-electron chi connectivity index (χ1n) is 3.43. The van der Waals surface area contributed by atoms with E-state index in [1.165, 1.54) is 11.8 Å². The van der Waals surface area contributed by atoms with Gasteiger partial charge in [0.05, 0.1) is 11.8 Å². The van der Waals surface area contributed by atoms with E-state index in [2.05, 4.69) is 0 Å². The molecule has 0 N–H and O–H groups in total. The number of carbonyl (C=O) groups is 2. The number of aldehydes is 1. The molecule has 0 aromatic rings. The van der Waals surface area contributed by atoms with Crippen LogP contribution >= 0.6 is 11.8 Å². The number of β-lactam (4-membered cyclic amide) rings is 1. The lowest BCUT2D eigenvalue weighted by atomic mass is 10.2. The minimum atomic E-state index is 0.198. The summed E-state index contributed by atoms with van der Waals surface area (Å²) in [6.07, 6.45) is 3.24. The first-order valence-corrected chi connectivity index (χ1v) is 4.30. The molecule has 0 unspecified atom stereocenters. The Morgan fingerprint density at radius 1 is 1.73 bits per heavy atom. The maximum absolute atomic E-state index is 10.9. The summed E-state index contributed by atoms with van der Waals surface area (Å²) in [7, 11) is 0. The third-order valence-electron chi connectivity index (χ3n) is 1.89. The molecule has 0 radical (unpaired) electrons. The van der Waals surface area contributed by atoms with Gasteiger partial charge < -0.3 is 4.90 Å². The number of fused-ring (bicyclic) bond motifs is 1. The predicted octanol–water partition coefficient (Wildman–Crippen LogP) is 0.374. The SMILES string of the molecule is O=CC1=CCN2C(=O)C[C@H]2S1. The number of rotatable bonds is 1. The van der Waals surface area contributed by atoms with Gasteiger partial charge in [-0.1, -0.05) is 11.8 Å². The number of hydrogen-bond acceptors (Lipinski definition) is 3. The first-order chi connectivity index (χ1) is 5.31. The molecule has 0 aromatic heterocycles. The molecule has 3 nitrogen and oxygen atoms in total. The van der Waals surface area contributed by atoms with Gasteiger partial charge in [-0.05, 0) is 6.08 Å². The Kier molecular flexibility index (Phi) is 1.49. The van der Waals surface area contributed by atoms with E-state index >= 15 is 0 Å². The van der Waals surface area contributed by atoms with Crippen LogP contribution in [0.25, 0.3) is 0 Å². The van der Waals surface area contributed by atoms with Crippen molar-refractivity contribution >= 4 is 24.0 Å². The molecular weight excluding hydrogens is 162 g/mol. The molecule has 0 aliphatic carbocycles. The second-order valence-electron chi connectivity index (χ2n) is 2.55. The van der Waals surface area contributed by atoms with Crippen molar-refractivity contribution in [3.63, 3.8) is 0 Å². The van der Waals surface area contributed by atoms with Gasteiger partial charge in [-0.25, -0.2) is 0 Å². The van der Waals surface area contributed by atoms with E-state index in [9.17, 15) is 9.59 Å². The molecule has 11 heavy (non-hydrogen) atoms. The van der Waals surface area contributed by atoms with Gasteiger partial charge in [-0.3, -0.25) is 9.59 Å². The molecular formula is C7H7NO2S. The second-order valence-corrected chi connectivity index (χ2v) is 3.80. The van der Waals surface area contributed by atoms with Gasteiger partial charge in [-0.2, -0.15) is 0 Å². The van der Waals surface area contributed by atoms with Crippen LogP contribution in [0.3, 0.4) is 0 Å². The Bertz CT molecular complexity index is 249. The average molecular weight is 169 g/mol. The monoisotopic (exact) mass is 169 g/mol. The number of allylic oxidation sites excluding steroid dienone is 1. The van der Waals surface area contributed by atoms with Gasteiger partial charge >= 0.3 is 0 Å². The van der Waals surface area contributed by atoms with Crippen LogP contribution < -0.4 is 0 Å². The smallest absolute Gasteiger partial charge is 0.226 e. The van der Waals surface area contributed by atoms with Crippen LogP contribution in [0.2, 0.25) is 0 Å². The van der Waals surface area contributed by atoms with Crippen LogP contribution in [0, 0.1) is 0 Å². The summed E-state index contributed by atoms with van der Waals surface area (Å²) < 4.78 is 0. The van der Waals surface area contributed by atoms with E-state index < -0.39 is 0 Å². The van der Waals surface area contributed by atoms with Crippen LogP contribution in [0.5, 0.6) is 0 Å². The van der Waals surface area contributed by atoms with Crippen LogP contribution in [-0.2, 0) is 9.59 Å². The molecule has 1 fully saturated rings. The summed E-state index contributed by atoms with van der Waals surface area (Å²) in [6, 6.07) is 0. The molecule has 1 atom stereocenters. The summed E-state index contributed by atoms with van der Waals surface area (Å²) in [5, 5.41) is 0.243. The summed E-state index contributed by atoms with van der Waals surface area (Å²) in [5.74, 6) is 0.198. The van der Waals surface area contributed by atoms with E-state index in [4.69, 9.17) is 0 Å². The van der Waals surface area contributed by atoms with Crippen LogP contribution in [-0.4, -0.2) is 29.0 Å². The number of nitrogens with zero attached hydrogens (tertiary/aromatic N) is 1. The van der Waals surface area contributed by atoms with E-state index in [0.717, 1.165) is 11.2 Å². The lowest BCUT2D eigenvalue weighted by Gasteiger charge is -2.41. The van der Waals surface area contributed by atoms with Gasteiger partial charge in [0.1, 0.15) is 0 Å². The van der Waals surface area contributed by atoms with E-state index in [1.807, 2.05) is 0 Å². The highest BCUT2D eigenvalue weighted by molar-refractivity contribution is 8.04. The minimum Gasteiger partial charge on any atom is -0.326 e. The van der Waals surface area contributed by atoms with E-state index in [-0.39, 0.29) is 11.3 Å². The normalized spacial score (nSPS) is 28.7. The van der Waals surface area contributed by atoms with Gasteiger partial charge in [-0.15, -0.1) is 0 Å². The zero-order chi connectivity index (χ0) is 7.84. The van der Waals surface area contributed by atoms with E-state index in [1.54, 1.807) is 11.0 Å². The lowest BCUT2D eigenvalue weighted by Crippen LogP contribution is -2.52. The molecule has 1 saturated heterocycles. The largest absolute Gasteiger partial charge is 0.326 e. The van der Waals surface area contributed by atoms with Crippen molar-refractivity contribution in [1.82, 2.24) is 4.90 Å². The number of thioether (sulfide) groups is 1. The highest BCUT2D eigenvalue weighted by atomic mass is 32.2. The van der Waals surface area contributed by atoms with Gasteiger partial charge in [0.2, 0.25) is 5.91 Å². The van der Waals surface area contributed by atoms with Crippen molar-refractivity contribution in [3.8, 4) is 0 Å². The highest BCUT2D eigenvalue weighted by Gasteiger charge is 2.38. The van der Waals surface area contributed by atoms with Crippen molar-refractivity contribution in [2.24, 2.45) is 0 Å². The second kappa shape index (κ2) is 2.37. The first kappa shape index (κ1) is 6.91. The summed E-state index contributed by atoms with van der Waals surface area (Å²) in [5.41, 5.74) is 0. The zero-order valence-electron chi connectivity index (χ0n) is 5.82. The molecule has 0 spiro atoms. The summed E-state index contributed by atoms with van der Waals surface area (Å²) >= 11 is 1.48. The fourth-order valence-corrected chi connectivity index (χ4v) is 2.32. The van der Waals surface area contributed by atoms with Crippen molar-refractivity contribution < 1.29 is 9.59 Å². The number of hydrogen-bond donors (Lipinski definition) is 0. The zero-order valence-corrected chi connectivity index (χ0v) is 6.63. The molecule has 2 rings (SSSR count). The maximum atomic E-state index is 10.9. The summed E-state index contributed by atoms with van der Waals surface area (Å²) in [4.78, 5) is 23.7. The Morgan fingerprint density at radius 2 is 2.55 bits per heavy atom. The molecule has 2 heterocycles. The molecule has 0 saturated carbocycles. The molecule has 4 heteroatoms. The molecule has 58 valence electrons. The van der Waals surface area contributed by atoms with Crippen LogP contribution in [0.1, 0.15) is 6.42 Å². The van der Waals surface area contributed by atoms with Gasteiger partial charge in [0, 0.05) is 11.4 Å². The minimum absolute atomic E-state index is 0.198. The fraction of sp³-hybridized carbons (Fsp3) is 0.429. The molecule has 0 aromatic carbocycles. The topological polar surface area (TPSA) is 37.4 Å². The van der Waals surface area contributed by atoms with Crippen molar-refractivity contribution in [3.05, 3.63) is 11.0 Å². The molecule has 2 aliphatic rings. The third-order valence-corrected chi connectivity index (χ3v) is 3.12. The van der Waals surface area contributed by atoms with Crippen LogP contribution in [0.15, 0.2) is 11.0 Å². The fourth-order valence-electron chi connectivity index (χ4n) is 1.22. The van der Waals surface area contributed by atoms with Crippen molar-refractivity contribution in [2.45, 2.75) is 11.8 Å². The van der Waals surface area contributed by atoms with E-state index in [0.29, 0.717) is 13.0 Å². The Balaban J connectivity index is 2.11. The average Bonchev–Trinajstić information content (AvgIpc) is 2.02. The maximum Gasteiger partial charge on any atom is 0.226 e. The van der Waals surface area contributed by atoms with Crippen molar-refractivity contribution in [1.29, 1.82) is 0 Å². The summed E-state index contributed by atoms with van der Waals surface area (Å²) in [6.45, 7) is 0.616. The van der Waals surface area contributed by atoms with Gasteiger partial charge in [0.15, 0.2) is 6.29 Å². The quantitative estimate of drug-likeness (QED) is 0.420. The molecule has 1 amide bonds. The molecule has 0 bridgehead atoms. The highest BCUT2D eigenvalue weighted by Crippen LogP contribution is 2.36. The lowest BCUT2D eigenvalue weighted by molar-refractivity contribution is -0.140. The van der Waals surface area contributed by atoms with Crippen LogP contribution in [0.4, 0.5) is 0 Å². The number of amides is 1. The standard InChI is InChI=1S/C7H7NO2S/c9-4-5-1-2-8-6(10)3-7(8)11-5/h1,4,7H,2-3H2/t7-/m1/s1. The Labute approximate surface area is 68.4 Å². The molecule has 2 aliphatic heterocycles. The van der Waals surface area contributed by atoms with Gasteiger partial charge in [0.25, 0.3) is 0 Å².